The Balaban J connectivity index is 4.39. The highest BCUT2D eigenvalue weighted by Crippen LogP contribution is 1.93. The van der Waals surface area contributed by atoms with Crippen LogP contribution in [0.1, 0.15) is 19.8 Å². The summed E-state index contributed by atoms with van der Waals surface area (Å²) in [6.07, 6.45) is -0.168. The van der Waals surface area contributed by atoms with E-state index in [1.165, 1.54) is 0 Å². The van der Waals surface area contributed by atoms with E-state index in [9.17, 15) is 19.5 Å². The first-order valence-corrected chi connectivity index (χ1v) is 4.47. The Kier molecular flexibility index (Phi) is 5.01. The van der Waals surface area contributed by atoms with Crippen LogP contribution in [0, 0.1) is 0 Å². The van der Waals surface area contributed by atoms with Crippen molar-refractivity contribution in [3.8, 4) is 0 Å². The van der Waals surface area contributed by atoms with Crippen molar-refractivity contribution in [2.75, 3.05) is 14.1 Å². The van der Waals surface area contributed by atoms with Gasteiger partial charge in [-0.15, -0.1) is 0 Å². The number of ketones is 2. The Bertz CT molecular complexity index is 247. The number of hydrogen-bond donors (Lipinski definition) is 1. The van der Waals surface area contributed by atoms with Gasteiger partial charge >= 0.3 is 0 Å². The van der Waals surface area contributed by atoms with Crippen LogP contribution in [0.3, 0.4) is 0 Å². The van der Waals surface area contributed by atoms with E-state index in [1.54, 1.807) is 21.0 Å². The fourth-order valence-corrected chi connectivity index (χ4v) is 1.02. The summed E-state index contributed by atoms with van der Waals surface area (Å²) in [5, 5.41) is 10.6. The highest BCUT2D eigenvalue weighted by molar-refractivity contribution is 6.37. The topological polar surface area (TPSA) is 78.7 Å². The van der Waals surface area contributed by atoms with Crippen LogP contribution in [0.4, 0.5) is 0 Å². The zero-order chi connectivity index (χ0) is 11.3. The van der Waals surface area contributed by atoms with Crippen molar-refractivity contribution in [1.82, 2.24) is 0 Å². The monoisotopic (exact) mass is 201 g/mol. The van der Waals surface area contributed by atoms with Crippen molar-refractivity contribution in [1.29, 1.82) is 0 Å². The van der Waals surface area contributed by atoms with Gasteiger partial charge in [-0.05, 0) is 0 Å². The third kappa shape index (κ3) is 3.66. The number of aliphatic carboxylic acids is 1. The number of Topliss-reactive ketones (excluding diaryl/α,β-unsaturated/α-hetero) is 2. The van der Waals surface area contributed by atoms with E-state index in [1.807, 2.05) is 0 Å². The van der Waals surface area contributed by atoms with Crippen LogP contribution in [0.5, 0.6) is 0 Å². The number of rotatable bonds is 6. The average Bonchev–Trinajstić information content (AvgIpc) is 2.11. The molecule has 1 N–H and O–H groups in total. The third-order valence-corrected chi connectivity index (χ3v) is 2.00. The van der Waals surface area contributed by atoms with Gasteiger partial charge in [0.1, 0.15) is 6.04 Å². The average molecular weight is 201 g/mol. The molecule has 0 bridgehead atoms. The number of quaternary nitrogens is 1. The minimum atomic E-state index is -1.30. The van der Waals surface area contributed by atoms with Gasteiger partial charge in [0.05, 0.1) is 26.5 Å². The summed E-state index contributed by atoms with van der Waals surface area (Å²) in [5.74, 6) is -2.47. The van der Waals surface area contributed by atoms with Gasteiger partial charge in [0, 0.05) is 6.42 Å². The molecule has 80 valence electrons. The smallest absolute Gasteiger partial charge is 0.204 e. The first-order chi connectivity index (χ1) is 6.40. The number of carboxylic acid groups (broad SMARTS) is 1. The Morgan fingerprint density at radius 2 is 1.71 bits per heavy atom. The summed E-state index contributed by atoms with van der Waals surface area (Å²) in [7, 11) is 3.20. The lowest BCUT2D eigenvalue weighted by molar-refractivity contribution is -0.878. The van der Waals surface area contributed by atoms with Crippen molar-refractivity contribution in [3.63, 3.8) is 0 Å². The molecule has 5 nitrogen and oxygen atoms in total. The lowest BCUT2D eigenvalue weighted by Gasteiger charge is -2.20. The quantitative estimate of drug-likeness (QED) is 0.470. The zero-order valence-corrected chi connectivity index (χ0v) is 8.62. The molecule has 5 heteroatoms. The molecule has 0 fully saturated rings. The number of carbonyl (C=O) groups excluding carboxylic acids is 3. The summed E-state index contributed by atoms with van der Waals surface area (Å²) in [5.41, 5.74) is 0. The highest BCUT2D eigenvalue weighted by Gasteiger charge is 2.23. The first-order valence-electron chi connectivity index (χ1n) is 4.47. The fourth-order valence-electron chi connectivity index (χ4n) is 1.02. The maximum absolute atomic E-state index is 11.1. The summed E-state index contributed by atoms with van der Waals surface area (Å²) < 4.78 is 0. The van der Waals surface area contributed by atoms with E-state index in [0.29, 0.717) is 4.90 Å². The van der Waals surface area contributed by atoms with Gasteiger partial charge in [0.25, 0.3) is 0 Å². The number of nitrogens with one attached hydrogen (secondary N) is 1. The normalized spacial score (nSPS) is 12.6. The standard InChI is InChI=1S/C9H15NO4/c1-4-7(11)8(12)5-6(9(13)14)10(2)3/h6H,4-5H2,1-3H3,(H,13,14). The Labute approximate surface area is 82.7 Å². The molecule has 1 atom stereocenters. The van der Waals surface area contributed by atoms with E-state index in [4.69, 9.17) is 0 Å². The Morgan fingerprint density at radius 3 is 2.00 bits per heavy atom. The lowest BCUT2D eigenvalue weighted by Crippen LogP contribution is -3.12. The molecule has 0 radical (unpaired) electrons. The highest BCUT2D eigenvalue weighted by atomic mass is 16.4. The summed E-state index contributed by atoms with van der Waals surface area (Å²) in [4.78, 5) is 33.2. The zero-order valence-electron chi connectivity index (χ0n) is 8.62. The molecule has 0 aromatic rings. The molecule has 0 aliphatic rings. The van der Waals surface area contributed by atoms with Crippen molar-refractivity contribution < 1.29 is 24.4 Å². The molecule has 0 rings (SSSR count). The van der Waals surface area contributed by atoms with Crippen LogP contribution in [0.25, 0.3) is 0 Å². The molecule has 0 aliphatic carbocycles. The van der Waals surface area contributed by atoms with E-state index in [0.717, 1.165) is 0 Å². The van der Waals surface area contributed by atoms with Crippen molar-refractivity contribution >= 4 is 17.5 Å². The van der Waals surface area contributed by atoms with Crippen LogP contribution in [-0.4, -0.2) is 37.7 Å². The fraction of sp³-hybridized carbons (Fsp3) is 0.667. The molecule has 0 aliphatic heterocycles. The molecule has 0 heterocycles. The summed E-state index contributed by atoms with van der Waals surface area (Å²) in [6.45, 7) is 1.57. The molecular formula is C9H15NO4. The van der Waals surface area contributed by atoms with Gasteiger partial charge in [-0.2, -0.15) is 0 Å². The van der Waals surface area contributed by atoms with Crippen molar-refractivity contribution in [3.05, 3.63) is 0 Å². The number of hydrogen-bond acceptors (Lipinski definition) is 4. The third-order valence-electron chi connectivity index (χ3n) is 2.00. The molecule has 0 amide bonds. The number of likely N-dealkylation sites (N-methyl/N-ethyl adjacent to an activating group) is 1. The maximum Gasteiger partial charge on any atom is 0.204 e. The molecular weight excluding hydrogens is 186 g/mol. The largest absolute Gasteiger partial charge is 0.544 e. The van der Waals surface area contributed by atoms with E-state index < -0.39 is 23.6 Å². The van der Waals surface area contributed by atoms with Crippen LogP contribution in [-0.2, 0) is 14.4 Å². The predicted molar refractivity (Wildman–Crippen MR) is 46.5 cm³/mol. The van der Waals surface area contributed by atoms with Crippen molar-refractivity contribution in [2.45, 2.75) is 25.8 Å². The minimum Gasteiger partial charge on any atom is -0.544 e. The van der Waals surface area contributed by atoms with E-state index >= 15 is 0 Å². The minimum absolute atomic E-state index is 0.112. The number of carbonyl (C=O) groups is 3. The second-order valence-corrected chi connectivity index (χ2v) is 3.35. The Hall–Kier alpha value is -1.23. The molecule has 14 heavy (non-hydrogen) atoms. The van der Waals surface area contributed by atoms with Gasteiger partial charge < -0.3 is 14.8 Å². The predicted octanol–water partition coefficient (Wildman–Crippen LogP) is -2.81. The molecule has 0 saturated heterocycles. The Morgan fingerprint density at radius 1 is 1.21 bits per heavy atom. The molecule has 0 spiro atoms. The SMILES string of the molecule is CCC(=O)C(=O)CC(C(=O)[O-])[NH+](C)C. The molecule has 0 saturated carbocycles. The second kappa shape index (κ2) is 5.49. The second-order valence-electron chi connectivity index (χ2n) is 3.35. The number of carboxylic acids is 1. The van der Waals surface area contributed by atoms with Gasteiger partial charge in [-0.1, -0.05) is 6.92 Å². The van der Waals surface area contributed by atoms with E-state index in [2.05, 4.69) is 0 Å². The lowest BCUT2D eigenvalue weighted by atomic mass is 10.1. The molecule has 1 unspecified atom stereocenters. The van der Waals surface area contributed by atoms with E-state index in [-0.39, 0.29) is 12.8 Å². The van der Waals surface area contributed by atoms with Gasteiger partial charge in [0.15, 0.2) is 5.78 Å². The van der Waals surface area contributed by atoms with Gasteiger partial charge in [-0.3, -0.25) is 9.59 Å². The van der Waals surface area contributed by atoms with Crippen molar-refractivity contribution in [2.24, 2.45) is 0 Å². The molecule has 0 aromatic carbocycles. The summed E-state index contributed by atoms with van der Waals surface area (Å²) >= 11 is 0. The van der Waals surface area contributed by atoms with Crippen LogP contribution >= 0.6 is 0 Å². The van der Waals surface area contributed by atoms with Crippen LogP contribution < -0.4 is 10.0 Å². The molecule has 0 aromatic heterocycles. The van der Waals surface area contributed by atoms with Gasteiger partial charge in [-0.25, -0.2) is 0 Å². The van der Waals surface area contributed by atoms with Gasteiger partial charge in [0.2, 0.25) is 5.78 Å². The van der Waals surface area contributed by atoms with Crippen LogP contribution in [0.15, 0.2) is 0 Å². The first kappa shape index (κ1) is 12.8. The van der Waals surface area contributed by atoms with Crippen LogP contribution in [0.2, 0.25) is 0 Å². The summed E-state index contributed by atoms with van der Waals surface area (Å²) in [6, 6.07) is -0.946. The maximum atomic E-state index is 11.1.